The second-order valence-electron chi connectivity index (χ2n) is 7.70. The fourth-order valence-corrected chi connectivity index (χ4v) is 4.06. The summed E-state index contributed by atoms with van der Waals surface area (Å²) in [6.07, 6.45) is -7.51. The Kier molecular flexibility index (Phi) is 7.88. The van der Waals surface area contributed by atoms with Crippen molar-refractivity contribution in [1.82, 2.24) is 0 Å². The lowest BCUT2D eigenvalue weighted by Gasteiger charge is -2.43. The summed E-state index contributed by atoms with van der Waals surface area (Å²) in [6, 6.07) is 0. The molecule has 0 saturated carbocycles. The molecule has 0 spiro atoms. The molecule has 1 fully saturated rings. The van der Waals surface area contributed by atoms with Crippen molar-refractivity contribution >= 4 is 11.9 Å². The minimum absolute atomic E-state index is 0.0482. The second kappa shape index (κ2) is 10.3. The third kappa shape index (κ3) is 4.81. The molecular weight excluding hydrogens is 432 g/mol. The van der Waals surface area contributed by atoms with Crippen molar-refractivity contribution < 1.29 is 58.8 Å². The molecule has 0 radical (unpaired) electrons. The molecular formula is C20H28O12. The number of aliphatic hydroxyl groups is 5. The number of aliphatic hydroxyl groups excluding tert-OH is 5. The van der Waals surface area contributed by atoms with Gasteiger partial charge in [-0.1, -0.05) is 6.08 Å². The lowest BCUT2D eigenvalue weighted by Crippen LogP contribution is -2.60. The van der Waals surface area contributed by atoms with Crippen molar-refractivity contribution in [2.45, 2.75) is 56.9 Å². The van der Waals surface area contributed by atoms with Gasteiger partial charge in [-0.25, -0.2) is 4.79 Å². The summed E-state index contributed by atoms with van der Waals surface area (Å²) in [6.45, 7) is 2.09. The SMILES string of the molecule is CCOC(=O)C1=COC(OC2OC(CO)C(O)C(O)C2O)C2C(COC(C)=O)=CC(O)C12. The minimum atomic E-state index is -1.68. The molecule has 0 aromatic heterocycles. The average molecular weight is 460 g/mol. The summed E-state index contributed by atoms with van der Waals surface area (Å²) < 4.78 is 26.7. The topological polar surface area (TPSA) is 181 Å². The molecule has 9 unspecified atom stereocenters. The molecule has 2 aliphatic heterocycles. The summed E-state index contributed by atoms with van der Waals surface area (Å²) >= 11 is 0. The molecule has 180 valence electrons. The Hall–Kier alpha value is -2.06. The summed E-state index contributed by atoms with van der Waals surface area (Å²) in [5, 5.41) is 50.2. The maximum absolute atomic E-state index is 12.4. The largest absolute Gasteiger partial charge is 0.471 e. The van der Waals surface area contributed by atoms with Gasteiger partial charge in [0, 0.05) is 12.8 Å². The maximum atomic E-state index is 12.4. The predicted molar refractivity (Wildman–Crippen MR) is 102 cm³/mol. The van der Waals surface area contributed by atoms with Crippen LogP contribution in [0.5, 0.6) is 0 Å². The number of hydrogen-bond donors (Lipinski definition) is 5. The van der Waals surface area contributed by atoms with Gasteiger partial charge in [-0.3, -0.25) is 4.79 Å². The van der Waals surface area contributed by atoms with Gasteiger partial charge in [-0.15, -0.1) is 0 Å². The van der Waals surface area contributed by atoms with E-state index in [4.69, 9.17) is 23.7 Å². The first-order valence-corrected chi connectivity index (χ1v) is 10.2. The highest BCUT2D eigenvalue weighted by Gasteiger charge is 2.52. The normalized spacial score (nSPS) is 38.8. The molecule has 5 N–H and O–H groups in total. The van der Waals surface area contributed by atoms with Gasteiger partial charge >= 0.3 is 11.9 Å². The Labute approximate surface area is 183 Å². The first-order chi connectivity index (χ1) is 15.2. The van der Waals surface area contributed by atoms with E-state index in [-0.39, 0.29) is 18.8 Å². The van der Waals surface area contributed by atoms with Crippen molar-refractivity contribution in [3.05, 3.63) is 23.5 Å². The lowest BCUT2D eigenvalue weighted by molar-refractivity contribution is -0.340. The van der Waals surface area contributed by atoms with Crippen molar-refractivity contribution in [1.29, 1.82) is 0 Å². The molecule has 0 bridgehead atoms. The zero-order chi connectivity index (χ0) is 23.6. The monoisotopic (exact) mass is 460 g/mol. The molecule has 0 amide bonds. The third-order valence-electron chi connectivity index (χ3n) is 5.62. The molecule has 32 heavy (non-hydrogen) atoms. The van der Waals surface area contributed by atoms with Gasteiger partial charge in [0.1, 0.15) is 31.0 Å². The standard InChI is InChI=1S/C20H28O12/c1-3-28-18(27)10-7-30-19(13-9(6-29-8(2)22)4-11(23)14(10)13)32-20-17(26)16(25)15(24)12(5-21)31-20/h4,7,11-17,19-21,23-26H,3,5-6H2,1-2H3. The van der Waals surface area contributed by atoms with Crippen LogP contribution in [-0.2, 0) is 33.3 Å². The second-order valence-corrected chi connectivity index (χ2v) is 7.70. The quantitative estimate of drug-likeness (QED) is 0.203. The van der Waals surface area contributed by atoms with Crippen molar-refractivity contribution in [3.8, 4) is 0 Å². The van der Waals surface area contributed by atoms with Gasteiger partial charge in [0.25, 0.3) is 0 Å². The van der Waals surface area contributed by atoms with Crippen molar-refractivity contribution in [2.24, 2.45) is 11.8 Å². The van der Waals surface area contributed by atoms with Crippen LogP contribution in [0.4, 0.5) is 0 Å². The summed E-state index contributed by atoms with van der Waals surface area (Å²) in [4.78, 5) is 23.7. The molecule has 0 aromatic rings. The van der Waals surface area contributed by atoms with E-state index in [1.54, 1.807) is 6.92 Å². The van der Waals surface area contributed by atoms with Crippen LogP contribution in [0.25, 0.3) is 0 Å². The van der Waals surface area contributed by atoms with E-state index in [0.717, 1.165) is 6.26 Å². The highest BCUT2D eigenvalue weighted by Crippen LogP contribution is 2.45. The fourth-order valence-electron chi connectivity index (χ4n) is 4.06. The van der Waals surface area contributed by atoms with Gasteiger partial charge in [0.05, 0.1) is 37.1 Å². The Morgan fingerprint density at radius 2 is 1.75 bits per heavy atom. The highest BCUT2D eigenvalue weighted by atomic mass is 16.8. The van der Waals surface area contributed by atoms with Gasteiger partial charge in [-0.2, -0.15) is 0 Å². The smallest absolute Gasteiger partial charge is 0.337 e. The first kappa shape index (κ1) is 24.6. The van der Waals surface area contributed by atoms with E-state index in [0.29, 0.717) is 5.57 Å². The molecule has 1 saturated heterocycles. The molecule has 0 aromatic carbocycles. The molecule has 1 aliphatic carbocycles. The van der Waals surface area contributed by atoms with Crippen molar-refractivity contribution in [2.75, 3.05) is 19.8 Å². The van der Waals surface area contributed by atoms with E-state index in [1.165, 1.54) is 13.0 Å². The molecule has 9 atom stereocenters. The lowest BCUT2D eigenvalue weighted by atomic mass is 9.82. The maximum Gasteiger partial charge on any atom is 0.337 e. The molecule has 2 heterocycles. The molecule has 12 heteroatoms. The van der Waals surface area contributed by atoms with Crippen LogP contribution >= 0.6 is 0 Å². The van der Waals surface area contributed by atoms with Crippen LogP contribution in [0.2, 0.25) is 0 Å². The van der Waals surface area contributed by atoms with E-state index in [9.17, 15) is 35.1 Å². The zero-order valence-electron chi connectivity index (χ0n) is 17.6. The minimum Gasteiger partial charge on any atom is -0.471 e. The summed E-state index contributed by atoms with van der Waals surface area (Å²) in [5.41, 5.74) is 0.453. The average Bonchev–Trinajstić information content (AvgIpc) is 3.09. The third-order valence-corrected chi connectivity index (χ3v) is 5.62. The Bertz CT molecular complexity index is 762. The van der Waals surface area contributed by atoms with Crippen LogP contribution in [0, 0.1) is 11.8 Å². The predicted octanol–water partition coefficient (Wildman–Crippen LogP) is -2.30. The Morgan fingerprint density at radius 1 is 1.03 bits per heavy atom. The summed E-state index contributed by atoms with van der Waals surface area (Å²) in [7, 11) is 0. The molecule has 3 aliphatic rings. The zero-order valence-corrected chi connectivity index (χ0v) is 17.6. The highest BCUT2D eigenvalue weighted by molar-refractivity contribution is 5.89. The molecule has 12 nitrogen and oxygen atoms in total. The molecule has 3 rings (SSSR count). The number of carbonyl (C=O) groups excluding carboxylic acids is 2. The van der Waals surface area contributed by atoms with Gasteiger partial charge in [0.15, 0.2) is 6.29 Å². The van der Waals surface area contributed by atoms with E-state index in [2.05, 4.69) is 0 Å². The number of carbonyl (C=O) groups is 2. The van der Waals surface area contributed by atoms with Crippen LogP contribution in [0.3, 0.4) is 0 Å². The van der Waals surface area contributed by atoms with E-state index in [1.807, 2.05) is 0 Å². The van der Waals surface area contributed by atoms with Gasteiger partial charge in [-0.05, 0) is 12.5 Å². The van der Waals surface area contributed by atoms with Crippen LogP contribution in [-0.4, -0.2) is 100 Å². The number of ether oxygens (including phenoxy) is 5. The summed E-state index contributed by atoms with van der Waals surface area (Å²) in [5.74, 6) is -2.95. The Balaban J connectivity index is 1.86. The number of rotatable bonds is 7. The number of fused-ring (bicyclic) bond motifs is 1. The number of hydrogen-bond acceptors (Lipinski definition) is 12. The van der Waals surface area contributed by atoms with Crippen LogP contribution in [0.1, 0.15) is 13.8 Å². The van der Waals surface area contributed by atoms with Crippen molar-refractivity contribution in [3.63, 3.8) is 0 Å². The Morgan fingerprint density at radius 3 is 2.38 bits per heavy atom. The first-order valence-electron chi connectivity index (χ1n) is 10.2. The van der Waals surface area contributed by atoms with E-state index >= 15 is 0 Å². The van der Waals surface area contributed by atoms with E-state index < -0.39 is 73.5 Å². The number of esters is 2. The van der Waals surface area contributed by atoms with Crippen LogP contribution in [0.15, 0.2) is 23.5 Å². The van der Waals surface area contributed by atoms with Gasteiger partial charge < -0.3 is 49.2 Å². The fraction of sp³-hybridized carbons (Fsp3) is 0.700. The van der Waals surface area contributed by atoms with Crippen LogP contribution < -0.4 is 0 Å². The van der Waals surface area contributed by atoms with Gasteiger partial charge in [0.2, 0.25) is 6.29 Å².